The molecule has 1 aliphatic carbocycles. The van der Waals surface area contributed by atoms with Crippen LogP contribution >= 0.6 is 11.6 Å². The lowest BCUT2D eigenvalue weighted by atomic mass is 9.87. The van der Waals surface area contributed by atoms with Crippen LogP contribution in [-0.2, 0) is 4.79 Å². The van der Waals surface area contributed by atoms with Crippen LogP contribution in [0.4, 0.5) is 15.9 Å². The van der Waals surface area contributed by atoms with E-state index in [1.54, 1.807) is 32.4 Å². The Morgan fingerprint density at radius 2 is 1.94 bits per heavy atom. The number of anilines is 2. The molecule has 10 heteroatoms. The normalized spacial score (nSPS) is 22.1. The van der Waals surface area contributed by atoms with Crippen molar-refractivity contribution in [2.75, 3.05) is 26.0 Å². The topological polar surface area (TPSA) is 88.6 Å². The fourth-order valence-electron chi connectivity index (χ4n) is 5.11. The molecule has 1 atom stereocenters. The Hall–Kier alpha value is -3.17. The Morgan fingerprint density at radius 1 is 1.14 bits per heavy atom. The van der Waals surface area contributed by atoms with Gasteiger partial charge in [-0.2, -0.15) is 0 Å². The molecule has 2 aliphatic rings. The van der Waals surface area contributed by atoms with E-state index in [4.69, 9.17) is 21.1 Å². The van der Waals surface area contributed by atoms with Gasteiger partial charge in [0, 0.05) is 31.1 Å². The van der Waals surface area contributed by atoms with Gasteiger partial charge in [-0.05, 0) is 50.3 Å². The second-order valence-electron chi connectivity index (χ2n) is 9.17. The number of likely N-dealkylation sites (tertiary alicyclic amines) is 1. The summed E-state index contributed by atoms with van der Waals surface area (Å²) in [5, 5.41) is 6.50. The molecule has 2 N–H and O–H groups in total. The van der Waals surface area contributed by atoms with Gasteiger partial charge in [0.05, 0.1) is 35.5 Å². The third-order valence-corrected chi connectivity index (χ3v) is 7.43. The first-order valence-corrected chi connectivity index (χ1v) is 12.5. The van der Waals surface area contributed by atoms with Gasteiger partial charge in [-0.3, -0.25) is 9.69 Å². The van der Waals surface area contributed by atoms with Crippen molar-refractivity contribution in [3.8, 4) is 11.5 Å². The third kappa shape index (κ3) is 4.77. The van der Waals surface area contributed by atoms with Gasteiger partial charge < -0.3 is 20.1 Å². The summed E-state index contributed by atoms with van der Waals surface area (Å²) in [6.45, 7) is 0.968. The highest BCUT2D eigenvalue weighted by molar-refractivity contribution is 6.31. The van der Waals surface area contributed by atoms with Gasteiger partial charge in [0.2, 0.25) is 5.91 Å². The van der Waals surface area contributed by atoms with Crippen molar-refractivity contribution in [2.45, 2.75) is 50.3 Å². The van der Waals surface area contributed by atoms with Crippen molar-refractivity contribution >= 4 is 39.9 Å². The van der Waals surface area contributed by atoms with Gasteiger partial charge in [0.25, 0.3) is 0 Å². The van der Waals surface area contributed by atoms with Gasteiger partial charge in [0.15, 0.2) is 17.3 Å². The van der Waals surface area contributed by atoms with Crippen LogP contribution in [0.2, 0.25) is 5.02 Å². The van der Waals surface area contributed by atoms with Gasteiger partial charge in [-0.25, -0.2) is 14.4 Å². The standard InChI is InChI=1S/C26H29ClFN5O3/c1-29-26(34)21-10-11-33(21)15-6-8-16(9-7-15)36-23-12-17-20(13-22(23)35-2)30-14-31-25(17)32-19-5-3-4-18(27)24(19)28/h3-5,12-16,21H,6-11H2,1-2H3,(H,29,34)(H,30,31,32)/t15-,16+,21-/m1/s1. The fraction of sp³-hybridized carbons (Fsp3) is 0.423. The number of hydrogen-bond acceptors (Lipinski definition) is 7. The predicted molar refractivity (Wildman–Crippen MR) is 137 cm³/mol. The Kier molecular flexibility index (Phi) is 7.11. The van der Waals surface area contributed by atoms with Gasteiger partial charge in [-0.1, -0.05) is 17.7 Å². The molecule has 8 nitrogen and oxygen atoms in total. The highest BCUT2D eigenvalue weighted by Crippen LogP contribution is 2.38. The summed E-state index contributed by atoms with van der Waals surface area (Å²) in [5.74, 6) is 1.16. The maximum atomic E-state index is 14.5. The molecule has 36 heavy (non-hydrogen) atoms. The van der Waals surface area contributed by atoms with Crippen molar-refractivity contribution in [1.29, 1.82) is 0 Å². The van der Waals surface area contributed by atoms with Crippen LogP contribution in [0.1, 0.15) is 32.1 Å². The molecule has 0 bridgehead atoms. The number of methoxy groups -OCH3 is 1. The van der Waals surface area contributed by atoms with Crippen molar-refractivity contribution in [2.24, 2.45) is 0 Å². The first-order chi connectivity index (χ1) is 17.5. The summed E-state index contributed by atoms with van der Waals surface area (Å²) in [4.78, 5) is 23.1. The number of nitrogens with one attached hydrogen (secondary N) is 2. The Labute approximate surface area is 214 Å². The molecule has 5 rings (SSSR count). The third-order valence-electron chi connectivity index (χ3n) is 7.14. The number of benzene rings is 2. The Bertz CT molecular complexity index is 1270. The number of ether oxygens (including phenoxy) is 2. The first-order valence-electron chi connectivity index (χ1n) is 12.2. The van der Waals surface area contributed by atoms with Crippen LogP contribution in [0, 0.1) is 5.82 Å². The Balaban J connectivity index is 1.33. The summed E-state index contributed by atoms with van der Waals surface area (Å²) >= 11 is 5.94. The lowest BCUT2D eigenvalue weighted by molar-refractivity contribution is -0.133. The molecule has 1 aliphatic heterocycles. The monoisotopic (exact) mass is 513 g/mol. The van der Waals surface area contributed by atoms with E-state index in [0.717, 1.165) is 38.6 Å². The average molecular weight is 514 g/mol. The molecule has 1 amide bonds. The quantitative estimate of drug-likeness (QED) is 0.474. The van der Waals surface area contributed by atoms with E-state index in [1.807, 2.05) is 6.07 Å². The molecule has 1 aromatic heterocycles. The van der Waals surface area contributed by atoms with E-state index in [1.165, 1.54) is 12.4 Å². The molecule has 1 saturated heterocycles. The number of likely N-dealkylation sites (N-methyl/N-ethyl adjacent to an activating group) is 1. The minimum Gasteiger partial charge on any atom is -0.493 e. The maximum Gasteiger partial charge on any atom is 0.237 e. The van der Waals surface area contributed by atoms with E-state index < -0.39 is 5.82 Å². The Morgan fingerprint density at radius 3 is 2.64 bits per heavy atom. The zero-order chi connectivity index (χ0) is 25.2. The predicted octanol–water partition coefficient (Wildman–Crippen LogP) is 4.68. The van der Waals surface area contributed by atoms with E-state index in [2.05, 4.69) is 25.5 Å². The molecule has 190 valence electrons. The van der Waals surface area contributed by atoms with Crippen LogP contribution in [0.5, 0.6) is 11.5 Å². The number of amides is 1. The number of fused-ring (bicyclic) bond motifs is 1. The lowest BCUT2D eigenvalue weighted by Gasteiger charge is -2.47. The molecular formula is C26H29ClFN5O3. The zero-order valence-electron chi connectivity index (χ0n) is 20.3. The average Bonchev–Trinajstić information content (AvgIpc) is 2.87. The number of carbonyl (C=O) groups excluding carboxylic acids is 1. The molecule has 3 aromatic rings. The fourth-order valence-corrected chi connectivity index (χ4v) is 5.28. The van der Waals surface area contributed by atoms with Crippen LogP contribution in [0.3, 0.4) is 0 Å². The van der Waals surface area contributed by atoms with Crippen molar-refractivity contribution in [1.82, 2.24) is 20.2 Å². The van der Waals surface area contributed by atoms with E-state index >= 15 is 0 Å². The number of hydrogen-bond donors (Lipinski definition) is 2. The largest absolute Gasteiger partial charge is 0.493 e. The van der Waals surface area contributed by atoms with Gasteiger partial charge in [0.1, 0.15) is 12.1 Å². The number of carbonyl (C=O) groups is 1. The minimum atomic E-state index is -0.548. The molecule has 1 saturated carbocycles. The SMILES string of the molecule is CNC(=O)[C@H]1CCN1[C@H]1CC[C@@H](Oc2cc3c(Nc4cccc(Cl)c4F)ncnc3cc2OC)CC1. The zero-order valence-corrected chi connectivity index (χ0v) is 21.0. The molecule has 0 radical (unpaired) electrons. The van der Waals surface area contributed by atoms with E-state index in [-0.39, 0.29) is 28.8 Å². The number of nitrogens with zero attached hydrogens (tertiary/aromatic N) is 3. The second-order valence-corrected chi connectivity index (χ2v) is 9.58. The van der Waals surface area contributed by atoms with Crippen LogP contribution in [-0.4, -0.2) is 59.7 Å². The highest BCUT2D eigenvalue weighted by Gasteiger charge is 2.39. The first kappa shape index (κ1) is 24.5. The summed E-state index contributed by atoms with van der Waals surface area (Å²) in [6.07, 6.45) is 6.06. The molecule has 2 fully saturated rings. The molecule has 0 spiro atoms. The van der Waals surface area contributed by atoms with Crippen LogP contribution < -0.4 is 20.1 Å². The summed E-state index contributed by atoms with van der Waals surface area (Å²) < 4.78 is 26.5. The summed E-state index contributed by atoms with van der Waals surface area (Å²) in [5.41, 5.74) is 0.862. The number of rotatable bonds is 7. The van der Waals surface area contributed by atoms with Crippen molar-refractivity contribution in [3.05, 3.63) is 47.5 Å². The van der Waals surface area contributed by atoms with E-state index in [9.17, 15) is 9.18 Å². The smallest absolute Gasteiger partial charge is 0.237 e. The summed E-state index contributed by atoms with van der Waals surface area (Å²) in [7, 11) is 3.29. The maximum absolute atomic E-state index is 14.5. The van der Waals surface area contributed by atoms with Crippen LogP contribution in [0.25, 0.3) is 10.9 Å². The molecular weight excluding hydrogens is 485 g/mol. The minimum absolute atomic E-state index is 0.00620. The molecule has 2 aromatic carbocycles. The second kappa shape index (κ2) is 10.4. The number of aromatic nitrogens is 2. The van der Waals surface area contributed by atoms with Crippen molar-refractivity contribution in [3.63, 3.8) is 0 Å². The lowest BCUT2D eigenvalue weighted by Crippen LogP contribution is -2.60. The molecule has 2 heterocycles. The van der Waals surface area contributed by atoms with Crippen molar-refractivity contribution < 1.29 is 18.7 Å². The highest BCUT2D eigenvalue weighted by atomic mass is 35.5. The number of halogens is 2. The van der Waals surface area contributed by atoms with E-state index in [0.29, 0.717) is 34.3 Å². The molecule has 0 unspecified atom stereocenters. The summed E-state index contributed by atoms with van der Waals surface area (Å²) in [6, 6.07) is 8.79. The van der Waals surface area contributed by atoms with Gasteiger partial charge >= 0.3 is 0 Å². The van der Waals surface area contributed by atoms with Crippen LogP contribution in [0.15, 0.2) is 36.7 Å². The van der Waals surface area contributed by atoms with Gasteiger partial charge in [-0.15, -0.1) is 0 Å².